The van der Waals surface area contributed by atoms with Gasteiger partial charge in [0.15, 0.2) is 0 Å². The lowest BCUT2D eigenvalue weighted by Gasteiger charge is -2.22. The van der Waals surface area contributed by atoms with E-state index in [-0.39, 0.29) is 24.3 Å². The Labute approximate surface area is 167 Å². The molecule has 2 amide bonds. The van der Waals surface area contributed by atoms with Crippen molar-refractivity contribution in [3.63, 3.8) is 0 Å². The van der Waals surface area contributed by atoms with E-state index >= 15 is 0 Å². The average Bonchev–Trinajstić information content (AvgIpc) is 3.32. The number of aryl methyl sites for hydroxylation is 1. The van der Waals surface area contributed by atoms with Gasteiger partial charge in [-0.3, -0.25) is 14.5 Å². The molecule has 2 aromatic carbocycles. The lowest BCUT2D eigenvalue weighted by atomic mass is 9.97. The first-order valence-electron chi connectivity index (χ1n) is 9.12. The van der Waals surface area contributed by atoms with Crippen molar-refractivity contribution < 1.29 is 9.59 Å². The summed E-state index contributed by atoms with van der Waals surface area (Å²) in [5, 5.41) is 12.5. The van der Waals surface area contributed by atoms with Gasteiger partial charge in [0.25, 0.3) is 0 Å². The second kappa shape index (κ2) is 7.90. The molecule has 1 unspecified atom stereocenters. The van der Waals surface area contributed by atoms with Crippen LogP contribution in [-0.2, 0) is 9.59 Å². The van der Waals surface area contributed by atoms with Gasteiger partial charge in [-0.25, -0.2) is 0 Å². The highest BCUT2D eigenvalue weighted by molar-refractivity contribution is 7.15. The molecule has 28 heavy (non-hydrogen) atoms. The van der Waals surface area contributed by atoms with Crippen molar-refractivity contribution in [2.24, 2.45) is 5.92 Å². The molecule has 1 aliphatic heterocycles. The van der Waals surface area contributed by atoms with Crippen LogP contribution in [0.25, 0.3) is 0 Å². The van der Waals surface area contributed by atoms with E-state index in [1.54, 1.807) is 4.90 Å². The van der Waals surface area contributed by atoms with E-state index in [1.807, 2.05) is 67.6 Å². The van der Waals surface area contributed by atoms with Crippen molar-refractivity contribution >= 4 is 28.3 Å². The number of benzene rings is 2. The molecule has 2 heterocycles. The number of nitrogens with one attached hydrogen (secondary N) is 1. The lowest BCUT2D eigenvalue weighted by molar-refractivity contribution is -0.126. The molecular formula is C21H20N4O2S. The van der Waals surface area contributed by atoms with Gasteiger partial charge in [0.05, 0.1) is 12.0 Å². The Balaban J connectivity index is 1.53. The van der Waals surface area contributed by atoms with E-state index in [1.165, 1.54) is 11.3 Å². The summed E-state index contributed by atoms with van der Waals surface area (Å²) in [5.74, 6) is -0.631. The maximum Gasteiger partial charge on any atom is 0.229 e. The number of aromatic nitrogens is 2. The van der Waals surface area contributed by atoms with Gasteiger partial charge in [-0.15, -0.1) is 10.2 Å². The molecule has 3 aromatic rings. The summed E-state index contributed by atoms with van der Waals surface area (Å²) in [6.45, 7) is 2.17. The second-order valence-electron chi connectivity index (χ2n) is 6.77. The first-order valence-corrected chi connectivity index (χ1v) is 9.94. The van der Waals surface area contributed by atoms with Crippen molar-refractivity contribution in [1.82, 2.24) is 15.5 Å². The van der Waals surface area contributed by atoms with Crippen LogP contribution in [-0.4, -0.2) is 28.6 Å². The van der Waals surface area contributed by atoms with Gasteiger partial charge in [-0.1, -0.05) is 72.0 Å². The van der Waals surface area contributed by atoms with Crippen LogP contribution in [0.3, 0.4) is 0 Å². The number of nitrogens with zero attached hydrogens (tertiary/aromatic N) is 3. The Morgan fingerprint density at radius 3 is 2.21 bits per heavy atom. The number of amides is 2. The van der Waals surface area contributed by atoms with Crippen LogP contribution < -0.4 is 10.2 Å². The summed E-state index contributed by atoms with van der Waals surface area (Å²) in [5.41, 5.74) is 2.01. The van der Waals surface area contributed by atoms with Crippen LogP contribution in [0, 0.1) is 12.8 Å². The molecule has 0 aliphatic carbocycles. The third kappa shape index (κ3) is 3.80. The third-order valence-corrected chi connectivity index (χ3v) is 5.66. The Kier molecular flexibility index (Phi) is 5.16. The summed E-state index contributed by atoms with van der Waals surface area (Å²) >= 11 is 1.36. The average molecular weight is 392 g/mol. The third-order valence-electron chi connectivity index (χ3n) is 4.79. The van der Waals surface area contributed by atoms with E-state index in [0.717, 1.165) is 16.1 Å². The van der Waals surface area contributed by atoms with Gasteiger partial charge in [-0.2, -0.15) is 0 Å². The van der Waals surface area contributed by atoms with Gasteiger partial charge >= 0.3 is 0 Å². The smallest absolute Gasteiger partial charge is 0.229 e. The molecule has 0 radical (unpaired) electrons. The lowest BCUT2D eigenvalue weighted by Crippen LogP contribution is -2.36. The van der Waals surface area contributed by atoms with Crippen LogP contribution in [0.4, 0.5) is 5.13 Å². The number of carbonyl (C=O) groups is 2. The Morgan fingerprint density at radius 1 is 1.07 bits per heavy atom. The molecule has 0 saturated carbocycles. The van der Waals surface area contributed by atoms with Gasteiger partial charge in [0.2, 0.25) is 16.9 Å². The van der Waals surface area contributed by atoms with Gasteiger partial charge in [0.1, 0.15) is 5.01 Å². The molecule has 142 valence electrons. The maximum absolute atomic E-state index is 13.0. The molecule has 7 heteroatoms. The fraction of sp³-hybridized carbons (Fsp3) is 0.238. The zero-order chi connectivity index (χ0) is 19.5. The first kappa shape index (κ1) is 18.3. The summed E-state index contributed by atoms with van der Waals surface area (Å²) in [4.78, 5) is 27.0. The van der Waals surface area contributed by atoms with Crippen LogP contribution in [0.2, 0.25) is 0 Å². The van der Waals surface area contributed by atoms with Gasteiger partial charge in [-0.05, 0) is 18.1 Å². The monoisotopic (exact) mass is 392 g/mol. The quantitative estimate of drug-likeness (QED) is 0.724. The largest absolute Gasteiger partial charge is 0.345 e. The second-order valence-corrected chi connectivity index (χ2v) is 7.93. The maximum atomic E-state index is 13.0. The highest BCUT2D eigenvalue weighted by Crippen LogP contribution is 2.29. The molecule has 6 nitrogen and oxygen atoms in total. The summed E-state index contributed by atoms with van der Waals surface area (Å²) in [7, 11) is 0. The first-order chi connectivity index (χ1) is 13.6. The van der Waals surface area contributed by atoms with Crippen LogP contribution in [0.1, 0.15) is 28.6 Å². The Morgan fingerprint density at radius 2 is 1.68 bits per heavy atom. The molecule has 1 atom stereocenters. The topological polar surface area (TPSA) is 75.2 Å². The zero-order valence-electron chi connectivity index (χ0n) is 15.4. The standard InChI is InChI=1S/C21H20N4O2S/c1-14-23-24-21(28-14)25-13-17(12-18(25)26)20(27)22-19(15-8-4-2-5-9-15)16-10-6-3-7-11-16/h2-11,17,19H,12-13H2,1H3,(H,22,27). The fourth-order valence-corrected chi connectivity index (χ4v) is 4.09. The minimum absolute atomic E-state index is 0.0905. The number of hydrogen-bond acceptors (Lipinski definition) is 5. The molecule has 0 spiro atoms. The Bertz CT molecular complexity index is 935. The zero-order valence-corrected chi connectivity index (χ0v) is 16.2. The minimum atomic E-state index is -0.411. The number of hydrogen-bond donors (Lipinski definition) is 1. The molecule has 1 saturated heterocycles. The molecule has 1 aliphatic rings. The molecular weight excluding hydrogens is 372 g/mol. The molecule has 0 bridgehead atoms. The number of rotatable bonds is 5. The van der Waals surface area contributed by atoms with Crippen molar-refractivity contribution in [2.45, 2.75) is 19.4 Å². The van der Waals surface area contributed by atoms with Crippen LogP contribution in [0.5, 0.6) is 0 Å². The van der Waals surface area contributed by atoms with E-state index in [4.69, 9.17) is 0 Å². The molecule has 4 rings (SSSR count). The van der Waals surface area contributed by atoms with E-state index in [9.17, 15) is 9.59 Å². The molecule has 1 aromatic heterocycles. The molecule has 1 N–H and O–H groups in total. The highest BCUT2D eigenvalue weighted by atomic mass is 32.1. The normalized spacial score (nSPS) is 16.6. The molecule has 1 fully saturated rings. The van der Waals surface area contributed by atoms with Gasteiger partial charge in [0, 0.05) is 13.0 Å². The highest BCUT2D eigenvalue weighted by Gasteiger charge is 2.37. The summed E-state index contributed by atoms with van der Waals surface area (Å²) < 4.78 is 0. The predicted molar refractivity (Wildman–Crippen MR) is 108 cm³/mol. The van der Waals surface area contributed by atoms with Gasteiger partial charge < -0.3 is 5.32 Å². The van der Waals surface area contributed by atoms with E-state index < -0.39 is 5.92 Å². The van der Waals surface area contributed by atoms with Crippen molar-refractivity contribution in [3.8, 4) is 0 Å². The predicted octanol–water partition coefficient (Wildman–Crippen LogP) is 3.11. The van der Waals surface area contributed by atoms with Crippen LogP contribution in [0.15, 0.2) is 60.7 Å². The van der Waals surface area contributed by atoms with Crippen LogP contribution >= 0.6 is 11.3 Å². The van der Waals surface area contributed by atoms with Crippen molar-refractivity contribution in [3.05, 3.63) is 76.8 Å². The Hall–Kier alpha value is -3.06. The fourth-order valence-electron chi connectivity index (χ4n) is 3.37. The SMILES string of the molecule is Cc1nnc(N2CC(C(=O)NC(c3ccccc3)c3ccccc3)CC2=O)s1. The van der Waals surface area contributed by atoms with Crippen molar-refractivity contribution in [1.29, 1.82) is 0 Å². The van der Waals surface area contributed by atoms with Crippen molar-refractivity contribution in [2.75, 3.05) is 11.4 Å². The number of carbonyl (C=O) groups excluding carboxylic acids is 2. The summed E-state index contributed by atoms with van der Waals surface area (Å²) in [6, 6.07) is 19.4. The van der Waals surface area contributed by atoms with E-state index in [2.05, 4.69) is 15.5 Å². The van der Waals surface area contributed by atoms with E-state index in [0.29, 0.717) is 11.7 Å². The number of anilines is 1. The summed E-state index contributed by atoms with van der Waals surface area (Å²) in [6.07, 6.45) is 0.181. The minimum Gasteiger partial charge on any atom is -0.345 e.